The van der Waals surface area contributed by atoms with E-state index in [2.05, 4.69) is 5.32 Å². The molecular weight excluding hydrogens is 306 g/mol. The maximum Gasteiger partial charge on any atom is 0.318 e. The molecule has 1 aromatic rings. The number of hydrogen-bond acceptors (Lipinski definition) is 3. The van der Waals surface area contributed by atoms with E-state index in [1.54, 1.807) is 16.9 Å². The molecule has 3 amide bonds. The molecule has 1 fully saturated rings. The van der Waals surface area contributed by atoms with Crippen LogP contribution in [0.4, 0.5) is 10.5 Å². The fraction of sp³-hybridized carbons (Fsp3) is 0.556. The van der Waals surface area contributed by atoms with Crippen molar-refractivity contribution in [2.75, 3.05) is 18.6 Å². The number of ether oxygens (including phenoxy) is 1. The standard InChI is InChI=1S/C18H27N3O3/c1-12(2)21(13(3)4)18(23)19-14-10-17(22)20(11-14)15-6-8-16(24-5)9-7-15/h6-9,12-14H,10-11H2,1-5H3,(H,19,23)/t14-/m0/s1. The Hall–Kier alpha value is -2.24. The lowest BCUT2D eigenvalue weighted by Crippen LogP contribution is -2.51. The Morgan fingerprint density at radius 1 is 1.21 bits per heavy atom. The summed E-state index contributed by atoms with van der Waals surface area (Å²) < 4.78 is 5.14. The Bertz CT molecular complexity index is 576. The molecule has 6 nitrogen and oxygen atoms in total. The van der Waals surface area contributed by atoms with Gasteiger partial charge in [-0.3, -0.25) is 4.79 Å². The molecule has 0 radical (unpaired) electrons. The molecule has 1 saturated heterocycles. The van der Waals surface area contributed by atoms with Crippen molar-refractivity contribution in [3.8, 4) is 5.75 Å². The van der Waals surface area contributed by atoms with Crippen LogP contribution in [0, 0.1) is 0 Å². The smallest absolute Gasteiger partial charge is 0.318 e. The third-order valence-electron chi connectivity index (χ3n) is 4.18. The van der Waals surface area contributed by atoms with Crippen molar-refractivity contribution in [2.45, 2.75) is 52.2 Å². The van der Waals surface area contributed by atoms with Crippen LogP contribution in [0.2, 0.25) is 0 Å². The Morgan fingerprint density at radius 2 is 1.79 bits per heavy atom. The van der Waals surface area contributed by atoms with Crippen LogP contribution in [0.1, 0.15) is 34.1 Å². The molecule has 0 spiro atoms. The maximum atomic E-state index is 12.5. The molecule has 24 heavy (non-hydrogen) atoms. The Morgan fingerprint density at radius 3 is 2.29 bits per heavy atom. The van der Waals surface area contributed by atoms with Gasteiger partial charge in [0, 0.05) is 30.7 Å². The largest absolute Gasteiger partial charge is 0.497 e. The van der Waals surface area contributed by atoms with E-state index in [1.165, 1.54) is 0 Å². The van der Waals surface area contributed by atoms with E-state index in [0.29, 0.717) is 13.0 Å². The highest BCUT2D eigenvalue weighted by molar-refractivity contribution is 5.96. The molecule has 1 aliphatic rings. The summed E-state index contributed by atoms with van der Waals surface area (Å²) in [6.07, 6.45) is 0.321. The monoisotopic (exact) mass is 333 g/mol. The number of carbonyl (C=O) groups excluding carboxylic acids is 2. The number of rotatable bonds is 5. The number of benzene rings is 1. The lowest BCUT2D eigenvalue weighted by Gasteiger charge is -2.32. The maximum absolute atomic E-state index is 12.5. The van der Waals surface area contributed by atoms with Crippen LogP contribution in [0.3, 0.4) is 0 Å². The number of urea groups is 1. The van der Waals surface area contributed by atoms with Gasteiger partial charge in [-0.05, 0) is 52.0 Å². The third-order valence-corrected chi connectivity index (χ3v) is 4.18. The third kappa shape index (κ3) is 3.99. The molecule has 0 bridgehead atoms. The van der Waals surface area contributed by atoms with Crippen LogP contribution in [0.15, 0.2) is 24.3 Å². The van der Waals surface area contributed by atoms with Gasteiger partial charge in [0.2, 0.25) is 5.91 Å². The number of nitrogens with one attached hydrogen (secondary N) is 1. The summed E-state index contributed by atoms with van der Waals surface area (Å²) in [5.74, 6) is 0.769. The second-order valence-electron chi connectivity index (χ2n) is 6.65. The van der Waals surface area contributed by atoms with E-state index in [-0.39, 0.29) is 30.1 Å². The lowest BCUT2D eigenvalue weighted by molar-refractivity contribution is -0.117. The summed E-state index contributed by atoms with van der Waals surface area (Å²) in [6, 6.07) is 7.30. The van der Waals surface area contributed by atoms with Gasteiger partial charge in [0.25, 0.3) is 0 Å². The fourth-order valence-corrected chi connectivity index (χ4v) is 3.13. The number of methoxy groups -OCH3 is 1. The van der Waals surface area contributed by atoms with Crippen molar-refractivity contribution in [1.29, 1.82) is 0 Å². The van der Waals surface area contributed by atoms with Gasteiger partial charge >= 0.3 is 6.03 Å². The van der Waals surface area contributed by atoms with Gasteiger partial charge in [-0.1, -0.05) is 0 Å². The Kier molecular flexibility index (Phi) is 5.70. The highest BCUT2D eigenvalue weighted by atomic mass is 16.5. The second-order valence-corrected chi connectivity index (χ2v) is 6.65. The average Bonchev–Trinajstić information content (AvgIpc) is 2.87. The highest BCUT2D eigenvalue weighted by Gasteiger charge is 2.33. The van der Waals surface area contributed by atoms with E-state index in [0.717, 1.165) is 11.4 Å². The Labute approximate surface area is 143 Å². The van der Waals surface area contributed by atoms with Gasteiger partial charge in [-0.15, -0.1) is 0 Å². The van der Waals surface area contributed by atoms with E-state index in [4.69, 9.17) is 4.74 Å². The minimum absolute atomic E-state index is 0.0195. The second kappa shape index (κ2) is 7.55. The number of anilines is 1. The molecule has 0 aliphatic carbocycles. The van der Waals surface area contributed by atoms with Crippen LogP contribution >= 0.6 is 0 Å². The summed E-state index contributed by atoms with van der Waals surface area (Å²) in [5.41, 5.74) is 0.821. The zero-order chi connectivity index (χ0) is 17.9. The topological polar surface area (TPSA) is 61.9 Å². The summed E-state index contributed by atoms with van der Waals surface area (Å²) in [4.78, 5) is 28.3. The van der Waals surface area contributed by atoms with Gasteiger partial charge < -0.3 is 19.9 Å². The molecule has 2 rings (SSSR count). The zero-order valence-electron chi connectivity index (χ0n) is 15.1. The molecule has 0 aromatic heterocycles. The van der Waals surface area contributed by atoms with Crippen molar-refractivity contribution in [3.05, 3.63) is 24.3 Å². The molecule has 1 aliphatic heterocycles. The predicted molar refractivity (Wildman–Crippen MR) is 94.4 cm³/mol. The highest BCUT2D eigenvalue weighted by Crippen LogP contribution is 2.24. The molecular formula is C18H27N3O3. The molecule has 1 N–H and O–H groups in total. The van der Waals surface area contributed by atoms with Crippen LogP contribution in [0.5, 0.6) is 5.75 Å². The quantitative estimate of drug-likeness (QED) is 0.901. The normalized spacial score (nSPS) is 17.5. The fourth-order valence-electron chi connectivity index (χ4n) is 3.13. The van der Waals surface area contributed by atoms with Gasteiger partial charge in [0.05, 0.1) is 13.2 Å². The SMILES string of the molecule is COc1ccc(N2C[C@@H](NC(=O)N(C(C)C)C(C)C)CC2=O)cc1. The van der Waals surface area contributed by atoms with Gasteiger partial charge in [-0.25, -0.2) is 4.79 Å². The van der Waals surface area contributed by atoms with Crippen molar-refractivity contribution in [1.82, 2.24) is 10.2 Å². The Balaban J connectivity index is 2.02. The van der Waals surface area contributed by atoms with Crippen LogP contribution in [-0.2, 0) is 4.79 Å². The molecule has 1 atom stereocenters. The number of carbonyl (C=O) groups is 2. The first-order chi connectivity index (χ1) is 11.3. The molecule has 1 aromatic carbocycles. The van der Waals surface area contributed by atoms with E-state index in [1.807, 2.05) is 52.0 Å². The molecule has 0 saturated carbocycles. The van der Waals surface area contributed by atoms with E-state index in [9.17, 15) is 9.59 Å². The van der Waals surface area contributed by atoms with E-state index < -0.39 is 0 Å². The summed E-state index contributed by atoms with van der Waals surface area (Å²) in [7, 11) is 1.61. The van der Waals surface area contributed by atoms with Gasteiger partial charge in [-0.2, -0.15) is 0 Å². The van der Waals surface area contributed by atoms with Gasteiger partial charge in [0.1, 0.15) is 5.75 Å². The minimum Gasteiger partial charge on any atom is -0.497 e. The first-order valence-corrected chi connectivity index (χ1v) is 8.36. The van der Waals surface area contributed by atoms with Crippen molar-refractivity contribution in [2.24, 2.45) is 0 Å². The molecule has 132 valence electrons. The predicted octanol–water partition coefficient (Wildman–Crippen LogP) is 2.63. The summed E-state index contributed by atoms with van der Waals surface area (Å²) in [6.45, 7) is 8.44. The number of nitrogens with zero attached hydrogens (tertiary/aromatic N) is 2. The average molecular weight is 333 g/mol. The van der Waals surface area contributed by atoms with Crippen LogP contribution < -0.4 is 15.0 Å². The van der Waals surface area contributed by atoms with E-state index >= 15 is 0 Å². The molecule has 6 heteroatoms. The summed E-state index contributed by atoms with van der Waals surface area (Å²) in [5, 5.41) is 2.99. The molecule has 0 unspecified atom stereocenters. The minimum atomic E-state index is -0.174. The summed E-state index contributed by atoms with van der Waals surface area (Å²) >= 11 is 0. The number of amides is 3. The zero-order valence-corrected chi connectivity index (χ0v) is 15.1. The van der Waals surface area contributed by atoms with Crippen molar-refractivity contribution >= 4 is 17.6 Å². The van der Waals surface area contributed by atoms with Crippen molar-refractivity contribution < 1.29 is 14.3 Å². The van der Waals surface area contributed by atoms with Crippen LogP contribution in [-0.4, -0.2) is 48.6 Å². The van der Waals surface area contributed by atoms with Crippen LogP contribution in [0.25, 0.3) is 0 Å². The number of hydrogen-bond donors (Lipinski definition) is 1. The first-order valence-electron chi connectivity index (χ1n) is 8.36. The molecule has 1 heterocycles. The van der Waals surface area contributed by atoms with Crippen molar-refractivity contribution in [3.63, 3.8) is 0 Å². The first kappa shape index (κ1) is 18.1. The lowest BCUT2D eigenvalue weighted by atomic mass is 10.2. The van der Waals surface area contributed by atoms with Gasteiger partial charge in [0.15, 0.2) is 0 Å².